The maximum atomic E-state index is 12.3. The molecule has 2 N–H and O–H groups in total. The predicted octanol–water partition coefficient (Wildman–Crippen LogP) is 2.75. The van der Waals surface area contributed by atoms with E-state index in [1.165, 1.54) is 12.8 Å². The van der Waals surface area contributed by atoms with Gasteiger partial charge >= 0.3 is 0 Å². The highest BCUT2D eigenvalue weighted by molar-refractivity contribution is 7.71. The van der Waals surface area contributed by atoms with Crippen LogP contribution in [0.4, 0.5) is 0 Å². The number of nitrogens with one attached hydrogen (secondary N) is 2. The van der Waals surface area contributed by atoms with E-state index >= 15 is 0 Å². The minimum Gasteiger partial charge on any atom is -0.350 e. The lowest BCUT2D eigenvalue weighted by molar-refractivity contribution is 0.0941. The highest BCUT2D eigenvalue weighted by Crippen LogP contribution is 2.16. The summed E-state index contributed by atoms with van der Waals surface area (Å²) < 4.78 is 2.51. The van der Waals surface area contributed by atoms with Crippen LogP contribution in [0, 0.1) is 4.77 Å². The summed E-state index contributed by atoms with van der Waals surface area (Å²) in [5, 5.41) is 3.06. The monoisotopic (exact) mass is 330 g/mol. The number of hydrogen-bond acceptors (Lipinski definition) is 3. The van der Waals surface area contributed by atoms with Crippen molar-refractivity contribution in [2.24, 2.45) is 0 Å². The van der Waals surface area contributed by atoms with Crippen LogP contribution in [0.25, 0.3) is 5.69 Å². The molecule has 0 unspecified atom stereocenters. The summed E-state index contributed by atoms with van der Waals surface area (Å²) in [6, 6.07) is 7.97. The zero-order valence-corrected chi connectivity index (χ0v) is 14.1. The molecule has 1 fully saturated rings. The molecule has 6 heteroatoms. The van der Waals surface area contributed by atoms with Crippen molar-refractivity contribution < 1.29 is 4.79 Å². The molecule has 1 aliphatic rings. The number of nitrogens with zero attached hydrogens (tertiary/aromatic N) is 2. The van der Waals surface area contributed by atoms with Crippen molar-refractivity contribution in [1.29, 1.82) is 0 Å². The Morgan fingerprint density at radius 2 is 2.17 bits per heavy atom. The van der Waals surface area contributed by atoms with Crippen LogP contribution in [0.3, 0.4) is 0 Å². The van der Waals surface area contributed by atoms with Gasteiger partial charge in [-0.15, -0.1) is 0 Å². The number of likely N-dealkylation sites (N-methyl/N-ethyl adjacent to an activating group) is 1. The van der Waals surface area contributed by atoms with Crippen LogP contribution in [0.5, 0.6) is 0 Å². The highest BCUT2D eigenvalue weighted by atomic mass is 32.1. The van der Waals surface area contributed by atoms with Gasteiger partial charge in [-0.25, -0.2) is 0 Å². The van der Waals surface area contributed by atoms with Crippen LogP contribution < -0.4 is 5.32 Å². The molecule has 1 amide bonds. The Balaban J connectivity index is 1.62. The second kappa shape index (κ2) is 7.10. The standard InChI is InChI=1S/C17H22N4OS/c1-2-20-10-3-4-15(20)12-19-16(22)13-5-7-14(8-6-13)21-11-9-18-17(21)23/h5-9,11,15H,2-4,10,12H2,1H3,(H,18,23)(H,19,22)/t15-/m0/s1. The summed E-state index contributed by atoms with van der Waals surface area (Å²) in [7, 11) is 0. The normalized spacial score (nSPS) is 18.2. The van der Waals surface area contributed by atoms with E-state index in [2.05, 4.69) is 22.1 Å². The Morgan fingerprint density at radius 3 is 2.83 bits per heavy atom. The smallest absolute Gasteiger partial charge is 0.251 e. The molecule has 2 aromatic rings. The Hall–Kier alpha value is -1.92. The van der Waals surface area contributed by atoms with Crippen LogP contribution in [0.1, 0.15) is 30.1 Å². The lowest BCUT2D eigenvalue weighted by Gasteiger charge is -2.22. The van der Waals surface area contributed by atoms with E-state index in [4.69, 9.17) is 12.2 Å². The molecular weight excluding hydrogens is 308 g/mol. The highest BCUT2D eigenvalue weighted by Gasteiger charge is 2.23. The van der Waals surface area contributed by atoms with Gasteiger partial charge in [-0.3, -0.25) is 14.3 Å². The molecule has 1 saturated heterocycles. The van der Waals surface area contributed by atoms with Crippen LogP contribution in [-0.4, -0.2) is 46.0 Å². The summed E-state index contributed by atoms with van der Waals surface area (Å²) >= 11 is 5.20. The molecule has 1 aliphatic heterocycles. The Morgan fingerprint density at radius 1 is 1.39 bits per heavy atom. The van der Waals surface area contributed by atoms with E-state index < -0.39 is 0 Å². The molecule has 0 saturated carbocycles. The van der Waals surface area contributed by atoms with Crippen LogP contribution in [-0.2, 0) is 0 Å². The lowest BCUT2D eigenvalue weighted by atomic mass is 10.1. The number of amides is 1. The molecule has 23 heavy (non-hydrogen) atoms. The van der Waals surface area contributed by atoms with Crippen LogP contribution >= 0.6 is 12.2 Å². The molecule has 0 bridgehead atoms. The number of benzene rings is 1. The number of rotatable bonds is 5. The zero-order valence-electron chi connectivity index (χ0n) is 13.3. The van der Waals surface area contributed by atoms with Gasteiger partial charge in [-0.05, 0) is 62.4 Å². The zero-order chi connectivity index (χ0) is 16.2. The molecule has 122 valence electrons. The van der Waals surface area contributed by atoms with Crippen molar-refractivity contribution in [2.75, 3.05) is 19.6 Å². The van der Waals surface area contributed by atoms with Gasteiger partial charge in [-0.2, -0.15) is 0 Å². The maximum Gasteiger partial charge on any atom is 0.251 e. The van der Waals surface area contributed by atoms with Crippen molar-refractivity contribution in [1.82, 2.24) is 19.8 Å². The first kappa shape index (κ1) is 16.0. The number of aromatic amines is 1. The molecule has 0 aliphatic carbocycles. The third kappa shape index (κ3) is 3.54. The van der Waals surface area contributed by atoms with Gasteiger partial charge < -0.3 is 10.3 Å². The second-order valence-corrected chi connectivity index (χ2v) is 6.20. The van der Waals surface area contributed by atoms with Gasteiger partial charge in [0.1, 0.15) is 0 Å². The number of imidazole rings is 1. The van der Waals surface area contributed by atoms with Gasteiger partial charge in [0.15, 0.2) is 4.77 Å². The SMILES string of the molecule is CCN1CCC[C@H]1CNC(=O)c1ccc(-n2cc[nH]c2=S)cc1. The number of H-pyrrole nitrogens is 1. The van der Waals surface area contributed by atoms with Crippen LogP contribution in [0.15, 0.2) is 36.7 Å². The topological polar surface area (TPSA) is 53.1 Å². The first-order chi connectivity index (χ1) is 11.2. The maximum absolute atomic E-state index is 12.3. The van der Waals surface area contributed by atoms with E-state index in [-0.39, 0.29) is 5.91 Å². The van der Waals surface area contributed by atoms with Crippen molar-refractivity contribution in [3.63, 3.8) is 0 Å². The summed E-state index contributed by atoms with van der Waals surface area (Å²) in [4.78, 5) is 17.7. The van der Waals surface area contributed by atoms with Gasteiger partial charge in [0.2, 0.25) is 0 Å². The Kier molecular flexibility index (Phi) is 4.93. The largest absolute Gasteiger partial charge is 0.350 e. The first-order valence-electron chi connectivity index (χ1n) is 8.07. The van der Waals surface area contributed by atoms with E-state index in [0.29, 0.717) is 16.4 Å². The molecule has 0 spiro atoms. The molecule has 1 aromatic carbocycles. The molecule has 0 radical (unpaired) electrons. The minimum absolute atomic E-state index is 0.0165. The summed E-state index contributed by atoms with van der Waals surface area (Å²) in [6.07, 6.45) is 6.06. The van der Waals surface area contributed by atoms with Gasteiger partial charge in [0.05, 0.1) is 0 Å². The summed E-state index contributed by atoms with van der Waals surface area (Å²) in [5.74, 6) is -0.0165. The third-order valence-corrected chi connectivity index (χ3v) is 4.77. The number of aromatic nitrogens is 2. The Labute approximate surface area is 141 Å². The number of hydrogen-bond donors (Lipinski definition) is 2. The molecule has 1 atom stereocenters. The van der Waals surface area contributed by atoms with E-state index in [9.17, 15) is 4.79 Å². The third-order valence-electron chi connectivity index (χ3n) is 4.46. The quantitative estimate of drug-likeness (QED) is 0.829. The van der Waals surface area contributed by atoms with Crippen molar-refractivity contribution >= 4 is 18.1 Å². The van der Waals surface area contributed by atoms with E-state index in [1.54, 1.807) is 6.20 Å². The molecule has 1 aromatic heterocycles. The van der Waals surface area contributed by atoms with Crippen molar-refractivity contribution in [3.05, 3.63) is 47.0 Å². The van der Waals surface area contributed by atoms with E-state index in [1.807, 2.05) is 35.0 Å². The second-order valence-electron chi connectivity index (χ2n) is 5.82. The average molecular weight is 330 g/mol. The van der Waals surface area contributed by atoms with E-state index in [0.717, 1.165) is 25.3 Å². The summed E-state index contributed by atoms with van der Waals surface area (Å²) in [6.45, 7) is 5.08. The van der Waals surface area contributed by atoms with Gasteiger partial charge in [0.25, 0.3) is 5.91 Å². The fraction of sp³-hybridized carbons (Fsp3) is 0.412. The molecule has 5 nitrogen and oxygen atoms in total. The van der Waals surface area contributed by atoms with Crippen LogP contribution in [0.2, 0.25) is 0 Å². The number of likely N-dealkylation sites (tertiary alicyclic amines) is 1. The van der Waals surface area contributed by atoms with Crippen molar-refractivity contribution in [3.8, 4) is 5.69 Å². The molecule has 3 rings (SSSR count). The van der Waals surface area contributed by atoms with Gasteiger partial charge in [-0.1, -0.05) is 6.92 Å². The first-order valence-corrected chi connectivity index (χ1v) is 8.48. The molecule has 2 heterocycles. The van der Waals surface area contributed by atoms with Crippen molar-refractivity contribution in [2.45, 2.75) is 25.8 Å². The predicted molar refractivity (Wildman–Crippen MR) is 93.6 cm³/mol. The molecular formula is C17H22N4OS. The minimum atomic E-state index is -0.0165. The average Bonchev–Trinajstić information content (AvgIpc) is 3.21. The summed E-state index contributed by atoms with van der Waals surface area (Å²) in [5.41, 5.74) is 1.62. The number of carbonyl (C=O) groups excluding carboxylic acids is 1. The fourth-order valence-electron chi connectivity index (χ4n) is 3.15. The fourth-order valence-corrected chi connectivity index (χ4v) is 3.39. The lowest BCUT2D eigenvalue weighted by Crippen LogP contribution is -2.40. The Bertz CT molecular complexity index is 719. The number of carbonyl (C=O) groups is 1. The van der Waals surface area contributed by atoms with Gasteiger partial charge in [0, 0.05) is 36.2 Å².